The van der Waals surface area contributed by atoms with Crippen LogP contribution in [0.15, 0.2) is 4.99 Å². The second kappa shape index (κ2) is 6.60. The summed E-state index contributed by atoms with van der Waals surface area (Å²) in [7, 11) is 0. The van der Waals surface area contributed by atoms with Crippen LogP contribution >= 0.6 is 0 Å². The van der Waals surface area contributed by atoms with Crippen LogP contribution in [0, 0.1) is 0 Å². The number of hydrogen-bond acceptors (Lipinski definition) is 4. The van der Waals surface area contributed by atoms with Gasteiger partial charge in [-0.05, 0) is 12.8 Å². The minimum absolute atomic E-state index is 0. The van der Waals surface area contributed by atoms with E-state index < -0.39 is 24.5 Å². The Morgan fingerprint density at radius 3 is 2.27 bits per heavy atom. The van der Waals surface area contributed by atoms with Gasteiger partial charge in [0.1, 0.15) is 0 Å². The molecule has 0 aromatic heterocycles. The summed E-state index contributed by atoms with van der Waals surface area (Å²) in [6, 6.07) is -1.31. The summed E-state index contributed by atoms with van der Waals surface area (Å²) in [5.74, 6) is -1.89. The number of hydrogen-bond donors (Lipinski definition) is 2. The molecule has 6 heteroatoms. The molecule has 5 nitrogen and oxygen atoms in total. The molecule has 2 N–H and O–H groups in total. The van der Waals surface area contributed by atoms with E-state index in [1.807, 2.05) is 0 Å². The van der Waals surface area contributed by atoms with Crippen LogP contribution < -0.4 is 34.7 Å². The topological polar surface area (TPSA) is 93.0 Å². The third-order valence-electron chi connectivity index (χ3n) is 0.796. The smallest absolute Gasteiger partial charge is 0.862 e. The van der Waals surface area contributed by atoms with Gasteiger partial charge in [0.15, 0.2) is 6.04 Å². The maximum absolute atomic E-state index is 10.2. The molecule has 0 amide bonds. The second-order valence-corrected chi connectivity index (χ2v) is 1.68. The Hall–Kier alpha value is -0.100. The van der Waals surface area contributed by atoms with E-state index in [4.69, 9.17) is 10.2 Å². The van der Waals surface area contributed by atoms with Gasteiger partial charge in [-0.3, -0.25) is 4.99 Å². The van der Waals surface area contributed by atoms with E-state index in [9.17, 15) is 9.90 Å². The SMILES string of the molecule is CC([O-])=N[C@@H](CO)C(=O)O.[Na+]. The number of aliphatic hydroxyl groups is 1. The van der Waals surface area contributed by atoms with Crippen molar-refractivity contribution in [3.05, 3.63) is 0 Å². The molecule has 1 atom stereocenters. The van der Waals surface area contributed by atoms with E-state index in [1.54, 1.807) is 0 Å². The van der Waals surface area contributed by atoms with Crippen molar-refractivity contribution in [2.45, 2.75) is 13.0 Å². The van der Waals surface area contributed by atoms with Crippen molar-refractivity contribution in [1.82, 2.24) is 0 Å². The summed E-state index contributed by atoms with van der Waals surface area (Å²) >= 11 is 0. The molecule has 0 saturated heterocycles. The van der Waals surface area contributed by atoms with Crippen LogP contribution in [-0.4, -0.2) is 34.7 Å². The van der Waals surface area contributed by atoms with Crippen LogP contribution in [0.1, 0.15) is 6.92 Å². The number of rotatable bonds is 3. The van der Waals surface area contributed by atoms with Gasteiger partial charge in [-0.2, -0.15) is 0 Å². The van der Waals surface area contributed by atoms with Gasteiger partial charge in [0.05, 0.1) is 6.61 Å². The Morgan fingerprint density at radius 2 is 2.18 bits per heavy atom. The third kappa shape index (κ3) is 6.30. The van der Waals surface area contributed by atoms with Crippen molar-refractivity contribution in [3.63, 3.8) is 0 Å². The fourth-order valence-corrected chi connectivity index (χ4v) is 0.394. The van der Waals surface area contributed by atoms with Crippen LogP contribution in [0.5, 0.6) is 0 Å². The number of nitrogens with zero attached hydrogens (tertiary/aromatic N) is 1. The van der Waals surface area contributed by atoms with E-state index >= 15 is 0 Å². The van der Waals surface area contributed by atoms with Crippen LogP contribution in [-0.2, 0) is 4.79 Å². The summed E-state index contributed by atoms with van der Waals surface area (Å²) in [4.78, 5) is 13.2. The molecule has 0 fully saturated rings. The Balaban J connectivity index is 0. The molecule has 0 spiro atoms. The first-order valence-electron chi connectivity index (χ1n) is 2.63. The van der Waals surface area contributed by atoms with E-state index in [-0.39, 0.29) is 29.6 Å². The maximum Gasteiger partial charge on any atom is 1.00 e. The van der Waals surface area contributed by atoms with Crippen molar-refractivity contribution in [1.29, 1.82) is 0 Å². The van der Waals surface area contributed by atoms with Crippen LogP contribution in [0.2, 0.25) is 0 Å². The maximum atomic E-state index is 10.2. The van der Waals surface area contributed by atoms with Gasteiger partial charge in [0.25, 0.3) is 0 Å². The average Bonchev–Trinajstić information content (AvgIpc) is 1.81. The molecule has 0 aliphatic rings. The predicted octanol–water partition coefficient (Wildman–Crippen LogP) is -4.79. The summed E-state index contributed by atoms with van der Waals surface area (Å²) in [5.41, 5.74) is 0. The second-order valence-electron chi connectivity index (χ2n) is 1.68. The molecule has 0 bridgehead atoms. The standard InChI is InChI=1S/C5H9NO4.Na/c1-3(8)6-4(2-7)5(9)10;/h4,7H,2H2,1H3,(H,6,8)(H,9,10);/q;+1/p-1/t4-;/m0./s1. The number of aliphatic hydroxyl groups excluding tert-OH is 1. The molecule has 0 aliphatic heterocycles. The van der Waals surface area contributed by atoms with E-state index in [2.05, 4.69) is 4.99 Å². The summed E-state index contributed by atoms with van der Waals surface area (Å²) in [5, 5.41) is 26.7. The van der Waals surface area contributed by atoms with Crippen molar-refractivity contribution >= 4 is 11.9 Å². The number of aliphatic imine (C=N–C) groups is 1. The molecular weight excluding hydrogens is 161 g/mol. The van der Waals surface area contributed by atoms with E-state index in [1.165, 1.54) is 0 Å². The molecule has 58 valence electrons. The third-order valence-corrected chi connectivity index (χ3v) is 0.796. The molecule has 0 aliphatic carbocycles. The van der Waals surface area contributed by atoms with Crippen LogP contribution in [0.4, 0.5) is 0 Å². The Kier molecular flexibility index (Phi) is 8.09. The number of aliphatic carboxylic acids is 1. The van der Waals surface area contributed by atoms with Gasteiger partial charge in [0.2, 0.25) is 0 Å². The molecule has 0 unspecified atom stereocenters. The first kappa shape index (κ1) is 13.5. The molecule has 0 heterocycles. The molecular formula is C5H8NNaO4. The monoisotopic (exact) mass is 169 g/mol. The average molecular weight is 169 g/mol. The zero-order chi connectivity index (χ0) is 8.15. The van der Waals surface area contributed by atoms with E-state index in [0.717, 1.165) is 6.92 Å². The Morgan fingerprint density at radius 1 is 1.73 bits per heavy atom. The van der Waals surface area contributed by atoms with Gasteiger partial charge >= 0.3 is 35.5 Å². The van der Waals surface area contributed by atoms with Crippen LogP contribution in [0.25, 0.3) is 0 Å². The normalized spacial score (nSPS) is 13.5. The molecule has 0 rings (SSSR count). The molecule has 0 aromatic rings. The number of carbonyl (C=O) groups is 1. The molecule has 0 radical (unpaired) electrons. The summed E-state index contributed by atoms with van der Waals surface area (Å²) in [6.07, 6.45) is 0. The quantitative estimate of drug-likeness (QED) is 0.252. The minimum atomic E-state index is -1.31. The van der Waals surface area contributed by atoms with Crippen LogP contribution in [0.3, 0.4) is 0 Å². The molecule has 11 heavy (non-hydrogen) atoms. The fraction of sp³-hybridized carbons (Fsp3) is 0.600. The minimum Gasteiger partial charge on any atom is -0.862 e. The first-order chi connectivity index (χ1) is 4.57. The first-order valence-corrected chi connectivity index (χ1v) is 2.63. The van der Waals surface area contributed by atoms with E-state index in [0.29, 0.717) is 0 Å². The van der Waals surface area contributed by atoms with Crippen molar-refractivity contribution in [2.24, 2.45) is 4.99 Å². The summed E-state index contributed by atoms with van der Waals surface area (Å²) in [6.45, 7) is 0.487. The van der Waals surface area contributed by atoms with Gasteiger partial charge in [-0.1, -0.05) is 0 Å². The largest absolute Gasteiger partial charge is 1.00 e. The fourth-order valence-electron chi connectivity index (χ4n) is 0.394. The summed E-state index contributed by atoms with van der Waals surface area (Å²) < 4.78 is 0. The predicted molar refractivity (Wildman–Crippen MR) is 31.6 cm³/mol. The molecule has 0 aromatic carbocycles. The van der Waals surface area contributed by atoms with Gasteiger partial charge in [0, 0.05) is 0 Å². The van der Waals surface area contributed by atoms with Crippen molar-refractivity contribution in [2.75, 3.05) is 6.61 Å². The number of carboxylic acid groups (broad SMARTS) is 1. The van der Waals surface area contributed by atoms with Gasteiger partial charge in [-0.25, -0.2) is 4.79 Å². The Labute approximate surface area is 86.1 Å². The number of carboxylic acids is 1. The van der Waals surface area contributed by atoms with Crippen molar-refractivity contribution < 1.29 is 49.7 Å². The molecule has 0 saturated carbocycles. The van der Waals surface area contributed by atoms with Gasteiger partial charge < -0.3 is 15.3 Å². The zero-order valence-corrected chi connectivity index (χ0v) is 8.44. The Bertz CT molecular complexity index is 155. The van der Waals surface area contributed by atoms with Gasteiger partial charge in [-0.15, -0.1) is 0 Å². The van der Waals surface area contributed by atoms with Crippen molar-refractivity contribution in [3.8, 4) is 0 Å². The zero-order valence-electron chi connectivity index (χ0n) is 6.44.